The van der Waals surface area contributed by atoms with E-state index in [1.807, 2.05) is 31.3 Å². The number of nitrogens with two attached hydrogens (primary N) is 1. The van der Waals surface area contributed by atoms with Gasteiger partial charge in [0.25, 0.3) is 0 Å². The Morgan fingerprint density at radius 2 is 1.85 bits per heavy atom. The van der Waals surface area contributed by atoms with Crippen molar-refractivity contribution in [1.82, 2.24) is 9.21 Å². The van der Waals surface area contributed by atoms with Crippen LogP contribution >= 0.6 is 11.8 Å². The summed E-state index contributed by atoms with van der Waals surface area (Å²) in [7, 11) is -1.13. The van der Waals surface area contributed by atoms with Gasteiger partial charge in [0.2, 0.25) is 10.0 Å². The molecule has 1 saturated heterocycles. The second kappa shape index (κ2) is 6.80. The van der Waals surface area contributed by atoms with Crippen LogP contribution in [-0.2, 0) is 10.0 Å². The Hall–Kier alpha value is -0.760. The summed E-state index contributed by atoms with van der Waals surface area (Å²) in [5.74, 6) is 0.693. The van der Waals surface area contributed by atoms with Gasteiger partial charge >= 0.3 is 0 Å². The van der Waals surface area contributed by atoms with E-state index in [-0.39, 0.29) is 5.75 Å². The quantitative estimate of drug-likeness (QED) is 0.647. The lowest BCUT2D eigenvalue weighted by atomic mass is 10.3. The highest BCUT2D eigenvalue weighted by Gasteiger charge is 2.25. The second-order valence-electron chi connectivity index (χ2n) is 4.90. The van der Waals surface area contributed by atoms with Gasteiger partial charge in [-0.15, -0.1) is 11.8 Å². The first-order valence-electron chi connectivity index (χ1n) is 6.63. The van der Waals surface area contributed by atoms with Crippen LogP contribution in [0.15, 0.2) is 29.2 Å². The van der Waals surface area contributed by atoms with E-state index in [1.54, 1.807) is 4.31 Å². The van der Waals surface area contributed by atoms with Crippen molar-refractivity contribution in [2.75, 3.05) is 50.5 Å². The average molecular weight is 315 g/mol. The zero-order chi connectivity index (χ0) is 14.6. The molecule has 20 heavy (non-hydrogen) atoms. The van der Waals surface area contributed by atoms with Crippen LogP contribution in [0.4, 0.5) is 5.69 Å². The molecule has 1 aromatic rings. The van der Waals surface area contributed by atoms with Gasteiger partial charge in [-0.3, -0.25) is 0 Å². The van der Waals surface area contributed by atoms with Gasteiger partial charge in [-0.1, -0.05) is 12.1 Å². The van der Waals surface area contributed by atoms with Crippen LogP contribution in [0.1, 0.15) is 0 Å². The maximum atomic E-state index is 12.2. The molecule has 0 unspecified atom stereocenters. The zero-order valence-electron chi connectivity index (χ0n) is 11.7. The van der Waals surface area contributed by atoms with Crippen molar-refractivity contribution in [3.8, 4) is 0 Å². The third-order valence-corrected chi connectivity index (χ3v) is 6.59. The first kappa shape index (κ1) is 15.6. The minimum Gasteiger partial charge on any atom is -0.398 e. The lowest BCUT2D eigenvalue weighted by molar-refractivity contribution is 0.222. The molecule has 1 aliphatic rings. The largest absolute Gasteiger partial charge is 0.398 e. The Labute approximate surface area is 125 Å². The predicted molar refractivity (Wildman–Crippen MR) is 84.4 cm³/mol. The lowest BCUT2D eigenvalue weighted by Crippen LogP contribution is -2.47. The summed E-state index contributed by atoms with van der Waals surface area (Å²) in [6.45, 7) is 2.80. The molecule has 2 rings (SSSR count). The summed E-state index contributed by atoms with van der Waals surface area (Å²) < 4.78 is 26.1. The van der Waals surface area contributed by atoms with Crippen molar-refractivity contribution in [3.63, 3.8) is 0 Å². The lowest BCUT2D eigenvalue weighted by Gasteiger charge is -2.31. The second-order valence-corrected chi connectivity index (χ2v) is 8.13. The molecule has 0 amide bonds. The van der Waals surface area contributed by atoms with Gasteiger partial charge in [0.15, 0.2) is 0 Å². The molecule has 0 radical (unpaired) electrons. The predicted octanol–water partition coefficient (Wildman–Crippen LogP) is 0.938. The topological polar surface area (TPSA) is 66.6 Å². The summed E-state index contributed by atoms with van der Waals surface area (Å²) >= 11 is 1.50. The normalized spacial score (nSPS) is 18.2. The highest BCUT2D eigenvalue weighted by Crippen LogP contribution is 2.24. The first-order chi connectivity index (χ1) is 9.49. The van der Waals surface area contributed by atoms with Gasteiger partial charge in [0.05, 0.1) is 5.75 Å². The standard InChI is InChI=1S/C13H21N3O2S2/c1-15-6-8-16(9-7-15)20(17,18)11-10-19-13-5-3-2-4-12(13)14/h2-5H,6-11,14H2,1H3. The van der Waals surface area contributed by atoms with E-state index in [0.29, 0.717) is 24.5 Å². The van der Waals surface area contributed by atoms with Gasteiger partial charge < -0.3 is 10.6 Å². The van der Waals surface area contributed by atoms with Gasteiger partial charge in [0.1, 0.15) is 0 Å². The average Bonchev–Trinajstić information content (AvgIpc) is 2.41. The number of hydrogen-bond donors (Lipinski definition) is 1. The van der Waals surface area contributed by atoms with Crippen LogP contribution in [0.25, 0.3) is 0 Å². The molecule has 112 valence electrons. The highest BCUT2D eigenvalue weighted by molar-refractivity contribution is 8.00. The van der Waals surface area contributed by atoms with Gasteiger partial charge in [-0.25, -0.2) is 8.42 Å². The van der Waals surface area contributed by atoms with Crippen LogP contribution < -0.4 is 5.73 Å². The van der Waals surface area contributed by atoms with Crippen molar-refractivity contribution in [2.24, 2.45) is 0 Å². The molecule has 2 N–H and O–H groups in total. The summed E-state index contributed by atoms with van der Waals surface area (Å²) in [6, 6.07) is 7.54. The van der Waals surface area contributed by atoms with E-state index in [1.165, 1.54) is 11.8 Å². The van der Waals surface area contributed by atoms with Crippen molar-refractivity contribution in [2.45, 2.75) is 4.90 Å². The number of hydrogen-bond acceptors (Lipinski definition) is 5. The number of thioether (sulfide) groups is 1. The summed E-state index contributed by atoms with van der Waals surface area (Å²) in [5, 5.41) is 0. The van der Waals surface area contributed by atoms with E-state index in [9.17, 15) is 8.42 Å². The molecule has 0 bridgehead atoms. The fourth-order valence-corrected chi connectivity index (χ4v) is 4.85. The first-order valence-corrected chi connectivity index (χ1v) is 9.22. The summed E-state index contributed by atoms with van der Waals surface area (Å²) in [6.07, 6.45) is 0. The molecule has 7 heteroatoms. The molecule has 1 aliphatic heterocycles. The number of anilines is 1. The number of nitrogens with zero attached hydrogens (tertiary/aromatic N) is 2. The van der Waals surface area contributed by atoms with Crippen molar-refractivity contribution >= 4 is 27.5 Å². The van der Waals surface area contributed by atoms with E-state index in [4.69, 9.17) is 5.73 Å². The van der Waals surface area contributed by atoms with Crippen LogP contribution in [0.5, 0.6) is 0 Å². The van der Waals surface area contributed by atoms with E-state index >= 15 is 0 Å². The number of sulfonamides is 1. The Morgan fingerprint density at radius 1 is 1.20 bits per heavy atom. The SMILES string of the molecule is CN1CCN(S(=O)(=O)CCSc2ccccc2N)CC1. The smallest absolute Gasteiger partial charge is 0.215 e. The zero-order valence-corrected chi connectivity index (χ0v) is 13.3. The summed E-state index contributed by atoms with van der Waals surface area (Å²) in [5.41, 5.74) is 6.55. The number of piperazine rings is 1. The van der Waals surface area contributed by atoms with Crippen molar-refractivity contribution in [1.29, 1.82) is 0 Å². The minimum absolute atomic E-state index is 0.162. The van der Waals surface area contributed by atoms with Gasteiger partial charge in [-0.05, 0) is 19.2 Å². The maximum absolute atomic E-state index is 12.2. The number of benzene rings is 1. The molecule has 1 aromatic carbocycles. The molecule has 0 aromatic heterocycles. The molecule has 1 heterocycles. The van der Waals surface area contributed by atoms with Crippen molar-refractivity contribution in [3.05, 3.63) is 24.3 Å². The highest BCUT2D eigenvalue weighted by atomic mass is 32.2. The fourth-order valence-electron chi connectivity index (χ4n) is 2.06. The molecule has 0 spiro atoms. The number of nitrogen functional groups attached to an aromatic ring is 1. The van der Waals surface area contributed by atoms with Crippen LogP contribution in [0, 0.1) is 0 Å². The summed E-state index contributed by atoms with van der Waals surface area (Å²) in [4.78, 5) is 3.09. The van der Waals surface area contributed by atoms with E-state index in [2.05, 4.69) is 4.90 Å². The number of likely N-dealkylation sites (N-methyl/N-ethyl adjacent to an activating group) is 1. The Kier molecular flexibility index (Phi) is 5.31. The monoisotopic (exact) mass is 315 g/mol. The molecule has 0 atom stereocenters. The third-order valence-electron chi connectivity index (χ3n) is 3.37. The number of rotatable bonds is 5. The fraction of sp³-hybridized carbons (Fsp3) is 0.538. The Morgan fingerprint density at radius 3 is 2.50 bits per heavy atom. The molecular weight excluding hydrogens is 294 g/mol. The molecule has 1 fully saturated rings. The minimum atomic E-state index is -3.14. The third kappa shape index (κ3) is 4.12. The van der Waals surface area contributed by atoms with Gasteiger partial charge in [-0.2, -0.15) is 4.31 Å². The molecule has 0 aliphatic carbocycles. The van der Waals surface area contributed by atoms with E-state index < -0.39 is 10.0 Å². The molecular formula is C13H21N3O2S2. The van der Waals surface area contributed by atoms with E-state index in [0.717, 1.165) is 18.0 Å². The van der Waals surface area contributed by atoms with Crippen LogP contribution in [0.3, 0.4) is 0 Å². The maximum Gasteiger partial charge on any atom is 0.215 e. The number of para-hydroxylation sites is 1. The van der Waals surface area contributed by atoms with Gasteiger partial charge in [0, 0.05) is 42.5 Å². The van der Waals surface area contributed by atoms with Crippen LogP contribution in [-0.4, -0.2) is 62.4 Å². The van der Waals surface area contributed by atoms with Crippen molar-refractivity contribution < 1.29 is 8.42 Å². The Balaban J connectivity index is 1.85. The molecule has 5 nitrogen and oxygen atoms in total. The Bertz CT molecular complexity index is 540. The molecule has 0 saturated carbocycles. The van der Waals surface area contributed by atoms with Crippen LogP contribution in [0.2, 0.25) is 0 Å².